The number of nitro groups is 1. The monoisotopic (exact) mass is 602 g/mol. The number of ether oxygens (including phenoxy) is 2. The summed E-state index contributed by atoms with van der Waals surface area (Å²) in [5, 5.41) is 14.9. The fourth-order valence-corrected chi connectivity index (χ4v) is 5.28. The average molecular weight is 603 g/mol. The van der Waals surface area contributed by atoms with Gasteiger partial charge in [0.05, 0.1) is 29.2 Å². The largest absolute Gasteiger partial charge is 0.493 e. The number of carbonyl (C=O) groups excluding carboxylic acids is 1. The lowest BCUT2D eigenvalue weighted by Gasteiger charge is -2.18. The number of amides is 1. The number of nitro benzene ring substituents is 1. The predicted molar refractivity (Wildman–Crippen MR) is 161 cm³/mol. The summed E-state index contributed by atoms with van der Waals surface area (Å²) in [6.45, 7) is 2.04. The minimum atomic E-state index is -3.89. The summed E-state index contributed by atoms with van der Waals surface area (Å²) < 4.78 is 39.9. The first-order valence-corrected chi connectivity index (χ1v) is 14.6. The van der Waals surface area contributed by atoms with Crippen molar-refractivity contribution in [1.82, 2.24) is 10.1 Å². The van der Waals surface area contributed by atoms with Gasteiger partial charge in [0.1, 0.15) is 6.61 Å². The molecule has 222 valence electrons. The van der Waals surface area contributed by atoms with Gasteiger partial charge in [0.2, 0.25) is 15.9 Å². The van der Waals surface area contributed by atoms with Gasteiger partial charge in [-0.1, -0.05) is 48.0 Å². The minimum absolute atomic E-state index is 0.00353. The summed E-state index contributed by atoms with van der Waals surface area (Å²) in [6, 6.07) is 25.6. The lowest BCUT2D eigenvalue weighted by atomic mass is 10.0. The van der Waals surface area contributed by atoms with E-state index in [-0.39, 0.29) is 23.6 Å². The average Bonchev–Trinajstić information content (AvgIpc) is 3.00. The molecule has 0 bridgehead atoms. The van der Waals surface area contributed by atoms with Gasteiger partial charge in [-0.3, -0.25) is 14.9 Å². The van der Waals surface area contributed by atoms with Gasteiger partial charge in [-0.15, -0.1) is 0 Å². The second-order valence-electron chi connectivity index (χ2n) is 9.52. The molecule has 0 saturated carbocycles. The van der Waals surface area contributed by atoms with Crippen LogP contribution in [0.15, 0.2) is 107 Å². The molecule has 11 nitrogen and oxygen atoms in total. The van der Waals surface area contributed by atoms with Crippen LogP contribution < -0.4 is 19.6 Å². The van der Waals surface area contributed by atoms with E-state index in [1.54, 1.807) is 72.8 Å². The third kappa shape index (κ3) is 8.71. The number of hydrogen-bond acceptors (Lipinski definition) is 8. The van der Waals surface area contributed by atoms with Crippen molar-refractivity contribution in [2.45, 2.75) is 30.9 Å². The Morgan fingerprint density at radius 3 is 2.33 bits per heavy atom. The zero-order valence-corrected chi connectivity index (χ0v) is 24.3. The Morgan fingerprint density at radius 1 is 0.977 bits per heavy atom. The Labute approximate surface area is 249 Å². The predicted octanol–water partition coefficient (Wildman–Crippen LogP) is 5.05. The summed E-state index contributed by atoms with van der Waals surface area (Å²) in [4.78, 5) is 23.3. The number of benzene rings is 4. The molecular weight excluding hydrogens is 572 g/mol. The maximum atomic E-state index is 13.0. The molecule has 0 fully saturated rings. The molecule has 0 saturated heterocycles. The van der Waals surface area contributed by atoms with Crippen LogP contribution in [-0.2, 0) is 21.4 Å². The smallest absolute Gasteiger partial charge is 0.269 e. The Morgan fingerprint density at radius 2 is 1.67 bits per heavy atom. The number of hydrazone groups is 1. The first-order valence-electron chi connectivity index (χ1n) is 13.1. The van der Waals surface area contributed by atoms with E-state index in [1.165, 1.54) is 37.6 Å². The van der Waals surface area contributed by atoms with Crippen LogP contribution in [0, 0.1) is 17.0 Å². The van der Waals surface area contributed by atoms with Crippen molar-refractivity contribution in [1.29, 1.82) is 0 Å². The molecule has 0 aliphatic heterocycles. The number of nitrogens with one attached hydrogen (secondary N) is 2. The first-order chi connectivity index (χ1) is 20.6. The highest BCUT2D eigenvalue weighted by Crippen LogP contribution is 2.28. The quantitative estimate of drug-likeness (QED) is 0.124. The summed E-state index contributed by atoms with van der Waals surface area (Å²) in [6.07, 6.45) is 1.24. The Hall–Kier alpha value is -5.07. The van der Waals surface area contributed by atoms with Crippen LogP contribution in [0.2, 0.25) is 0 Å². The van der Waals surface area contributed by atoms with Crippen molar-refractivity contribution >= 4 is 27.8 Å². The maximum Gasteiger partial charge on any atom is 0.269 e. The molecule has 43 heavy (non-hydrogen) atoms. The Kier molecular flexibility index (Phi) is 10.2. The topological polar surface area (TPSA) is 149 Å². The second-order valence-corrected chi connectivity index (χ2v) is 11.2. The van der Waals surface area contributed by atoms with Gasteiger partial charge >= 0.3 is 0 Å². The van der Waals surface area contributed by atoms with Crippen LogP contribution in [0.25, 0.3) is 0 Å². The molecule has 0 radical (unpaired) electrons. The second kappa shape index (κ2) is 14.2. The summed E-state index contributed by atoms with van der Waals surface area (Å²) >= 11 is 0. The molecule has 4 aromatic rings. The molecule has 1 atom stereocenters. The fourth-order valence-electron chi connectivity index (χ4n) is 4.05. The SMILES string of the molecule is COc1cc(/C=N\NC(=O)C[C@@H](NS(=O)(=O)c2ccc(C)cc2)c2ccccc2)ccc1OCc1ccc([N+](=O)[O-])cc1. The molecule has 0 aliphatic rings. The minimum Gasteiger partial charge on any atom is -0.493 e. The van der Waals surface area contributed by atoms with Crippen molar-refractivity contribution in [3.8, 4) is 11.5 Å². The van der Waals surface area contributed by atoms with Crippen molar-refractivity contribution in [2.24, 2.45) is 5.10 Å². The van der Waals surface area contributed by atoms with E-state index in [2.05, 4.69) is 15.2 Å². The van der Waals surface area contributed by atoms with Gasteiger partial charge in [0, 0.05) is 18.6 Å². The number of non-ortho nitro benzene ring substituents is 1. The van der Waals surface area contributed by atoms with E-state index in [9.17, 15) is 23.3 Å². The van der Waals surface area contributed by atoms with Crippen molar-refractivity contribution in [3.05, 3.63) is 129 Å². The molecule has 2 N–H and O–H groups in total. The number of nitrogens with zero attached hydrogens (tertiary/aromatic N) is 2. The lowest BCUT2D eigenvalue weighted by molar-refractivity contribution is -0.384. The number of hydrogen-bond donors (Lipinski definition) is 2. The molecule has 1 amide bonds. The van der Waals surface area contributed by atoms with Crippen molar-refractivity contribution in [2.75, 3.05) is 7.11 Å². The third-order valence-corrected chi connectivity index (χ3v) is 7.84. The molecule has 0 unspecified atom stereocenters. The van der Waals surface area contributed by atoms with Gasteiger partial charge in [0.25, 0.3) is 5.69 Å². The Bertz CT molecular complexity index is 1690. The molecule has 0 aliphatic carbocycles. The van der Waals surface area contributed by atoms with Gasteiger partial charge in [0.15, 0.2) is 11.5 Å². The highest BCUT2D eigenvalue weighted by molar-refractivity contribution is 7.89. The highest BCUT2D eigenvalue weighted by Gasteiger charge is 2.23. The third-order valence-electron chi connectivity index (χ3n) is 6.35. The summed E-state index contributed by atoms with van der Waals surface area (Å²) in [5.41, 5.74) is 5.36. The van der Waals surface area contributed by atoms with E-state index in [4.69, 9.17) is 9.47 Å². The normalized spacial score (nSPS) is 12.0. The van der Waals surface area contributed by atoms with Gasteiger partial charge < -0.3 is 9.47 Å². The molecule has 4 rings (SSSR count). The van der Waals surface area contributed by atoms with Gasteiger partial charge in [-0.2, -0.15) is 5.10 Å². The molecule has 12 heteroatoms. The maximum absolute atomic E-state index is 13.0. The number of aryl methyl sites for hydroxylation is 1. The van der Waals surface area contributed by atoms with Gasteiger partial charge in [-0.25, -0.2) is 18.6 Å². The van der Waals surface area contributed by atoms with E-state index in [1.807, 2.05) is 6.92 Å². The molecular formula is C31H30N4O7S. The number of methoxy groups -OCH3 is 1. The zero-order chi connectivity index (χ0) is 30.8. The summed E-state index contributed by atoms with van der Waals surface area (Å²) in [7, 11) is -2.41. The van der Waals surface area contributed by atoms with Crippen LogP contribution in [0.4, 0.5) is 5.69 Å². The van der Waals surface area contributed by atoms with Gasteiger partial charge in [-0.05, 0) is 66.1 Å². The molecule has 0 spiro atoms. The van der Waals surface area contributed by atoms with E-state index in [0.29, 0.717) is 22.6 Å². The zero-order valence-electron chi connectivity index (χ0n) is 23.5. The Balaban J connectivity index is 1.38. The van der Waals surface area contributed by atoms with Crippen LogP contribution in [0.5, 0.6) is 11.5 Å². The van der Waals surface area contributed by atoms with Crippen LogP contribution >= 0.6 is 0 Å². The number of sulfonamides is 1. The fraction of sp³-hybridized carbons (Fsp3) is 0.161. The standard InChI is InChI=1S/C31H30N4O7S/c1-22-8-15-27(16-9-22)43(39,40)34-28(25-6-4-3-5-7-25)19-31(36)33-32-20-24-12-17-29(30(18-24)41-2)42-21-23-10-13-26(14-11-23)35(37)38/h3-18,20,28,34H,19,21H2,1-2H3,(H,33,36)/b32-20-/t28-/m1/s1. The van der Waals surface area contributed by atoms with Crippen molar-refractivity contribution in [3.63, 3.8) is 0 Å². The first kappa shape index (κ1) is 30.9. The number of carbonyl (C=O) groups is 1. The molecule has 0 heterocycles. The lowest BCUT2D eigenvalue weighted by Crippen LogP contribution is -2.32. The van der Waals surface area contributed by atoms with Crippen molar-refractivity contribution < 1.29 is 27.6 Å². The van der Waals surface area contributed by atoms with E-state index < -0.39 is 26.9 Å². The molecule has 4 aromatic carbocycles. The summed E-state index contributed by atoms with van der Waals surface area (Å²) in [5.74, 6) is 0.382. The number of rotatable bonds is 13. The van der Waals surface area contributed by atoms with E-state index in [0.717, 1.165) is 11.1 Å². The van der Waals surface area contributed by atoms with E-state index >= 15 is 0 Å². The van der Waals surface area contributed by atoms with Crippen LogP contribution in [0.3, 0.4) is 0 Å². The van der Waals surface area contributed by atoms with Crippen LogP contribution in [0.1, 0.15) is 34.7 Å². The highest BCUT2D eigenvalue weighted by atomic mass is 32.2. The molecule has 0 aromatic heterocycles. The van der Waals surface area contributed by atoms with Crippen LogP contribution in [-0.4, -0.2) is 32.6 Å².